The van der Waals surface area contributed by atoms with Crippen LogP contribution in [0.1, 0.15) is 32.1 Å². The molecule has 0 saturated carbocycles. The molecule has 100 valence electrons. The highest BCUT2D eigenvalue weighted by atomic mass is 16.2. The van der Waals surface area contributed by atoms with Crippen LogP contribution in [0, 0.1) is 0 Å². The van der Waals surface area contributed by atoms with Gasteiger partial charge in [-0.15, -0.1) is 0 Å². The van der Waals surface area contributed by atoms with E-state index in [4.69, 9.17) is 0 Å². The predicted octanol–water partition coefficient (Wildman–Crippen LogP) is -0.508. The van der Waals surface area contributed by atoms with Gasteiger partial charge in [0.25, 0.3) is 0 Å². The molecule has 2 saturated heterocycles. The van der Waals surface area contributed by atoms with Crippen molar-refractivity contribution in [2.24, 2.45) is 0 Å². The summed E-state index contributed by atoms with van der Waals surface area (Å²) in [5.74, 6) is -0.300. The Balaban J connectivity index is 1.75. The van der Waals surface area contributed by atoms with E-state index in [1.807, 2.05) is 4.90 Å². The number of urea groups is 1. The molecular weight excluding hydrogens is 236 g/mol. The van der Waals surface area contributed by atoms with Gasteiger partial charge in [-0.05, 0) is 25.7 Å². The van der Waals surface area contributed by atoms with Gasteiger partial charge in [0.15, 0.2) is 0 Å². The first-order valence-corrected chi connectivity index (χ1v) is 6.31. The number of nitrogens with zero attached hydrogens (tertiary/aromatic N) is 1. The fraction of sp³-hybridized carbons (Fsp3) is 0.727. The quantitative estimate of drug-likeness (QED) is 0.633. The van der Waals surface area contributed by atoms with Crippen molar-refractivity contribution >= 4 is 17.8 Å². The third kappa shape index (κ3) is 3.19. The average molecular weight is 254 g/mol. The summed E-state index contributed by atoms with van der Waals surface area (Å²) in [6.07, 6.45) is 4.01. The van der Waals surface area contributed by atoms with Crippen LogP contribution in [-0.2, 0) is 9.59 Å². The molecule has 7 heteroatoms. The SMILES string of the molecule is O=C1NNC(CCC(=O)N2CCCCC2)C(=O)N1. The first-order chi connectivity index (χ1) is 8.66. The minimum Gasteiger partial charge on any atom is -0.343 e. The van der Waals surface area contributed by atoms with Crippen LogP contribution in [0.2, 0.25) is 0 Å². The Kier molecular flexibility index (Phi) is 4.14. The highest BCUT2D eigenvalue weighted by Crippen LogP contribution is 2.11. The van der Waals surface area contributed by atoms with E-state index in [0.29, 0.717) is 12.8 Å². The van der Waals surface area contributed by atoms with Crippen molar-refractivity contribution in [1.82, 2.24) is 21.1 Å². The molecule has 2 aliphatic rings. The number of rotatable bonds is 3. The van der Waals surface area contributed by atoms with Crippen molar-refractivity contribution in [3.63, 3.8) is 0 Å². The van der Waals surface area contributed by atoms with Crippen LogP contribution in [-0.4, -0.2) is 41.9 Å². The predicted molar refractivity (Wildman–Crippen MR) is 63.3 cm³/mol. The van der Waals surface area contributed by atoms with Crippen LogP contribution in [0.15, 0.2) is 0 Å². The summed E-state index contributed by atoms with van der Waals surface area (Å²) < 4.78 is 0. The summed E-state index contributed by atoms with van der Waals surface area (Å²) in [6, 6.07) is -1.09. The Labute approximate surface area is 105 Å². The standard InChI is InChI=1S/C11H18N4O3/c16-9(15-6-2-1-3-7-15)5-4-8-10(17)12-11(18)14-13-8/h8,13H,1-7H2,(H2,12,14,17,18). The van der Waals surface area contributed by atoms with Crippen molar-refractivity contribution in [2.45, 2.75) is 38.1 Å². The van der Waals surface area contributed by atoms with E-state index < -0.39 is 12.1 Å². The topological polar surface area (TPSA) is 90.5 Å². The van der Waals surface area contributed by atoms with Crippen molar-refractivity contribution < 1.29 is 14.4 Å². The van der Waals surface area contributed by atoms with E-state index in [1.54, 1.807) is 0 Å². The Morgan fingerprint density at radius 3 is 2.61 bits per heavy atom. The van der Waals surface area contributed by atoms with Crippen LogP contribution in [0.5, 0.6) is 0 Å². The van der Waals surface area contributed by atoms with Gasteiger partial charge in [0.2, 0.25) is 11.8 Å². The molecule has 2 fully saturated rings. The molecule has 2 rings (SSSR count). The summed E-state index contributed by atoms with van der Waals surface area (Å²) >= 11 is 0. The zero-order valence-corrected chi connectivity index (χ0v) is 10.2. The van der Waals surface area contributed by atoms with Crippen molar-refractivity contribution in [2.75, 3.05) is 13.1 Å². The van der Waals surface area contributed by atoms with Crippen molar-refractivity contribution in [3.05, 3.63) is 0 Å². The van der Waals surface area contributed by atoms with Crippen LogP contribution >= 0.6 is 0 Å². The van der Waals surface area contributed by atoms with Crippen LogP contribution in [0.4, 0.5) is 4.79 Å². The Morgan fingerprint density at radius 1 is 1.22 bits per heavy atom. The number of hydrogen-bond acceptors (Lipinski definition) is 4. The maximum absolute atomic E-state index is 11.9. The first-order valence-electron chi connectivity index (χ1n) is 6.31. The van der Waals surface area contributed by atoms with E-state index in [0.717, 1.165) is 25.9 Å². The Bertz CT molecular complexity index is 352. The lowest BCUT2D eigenvalue weighted by Gasteiger charge is -2.28. The van der Waals surface area contributed by atoms with Crippen LogP contribution < -0.4 is 16.2 Å². The molecule has 2 aliphatic heterocycles. The van der Waals surface area contributed by atoms with Crippen LogP contribution in [0.25, 0.3) is 0 Å². The lowest BCUT2D eigenvalue weighted by atomic mass is 10.1. The van der Waals surface area contributed by atoms with E-state index >= 15 is 0 Å². The number of imide groups is 1. The molecule has 0 radical (unpaired) electrons. The fourth-order valence-electron chi connectivity index (χ4n) is 2.22. The highest BCUT2D eigenvalue weighted by Gasteiger charge is 2.27. The van der Waals surface area contributed by atoms with E-state index in [9.17, 15) is 14.4 Å². The van der Waals surface area contributed by atoms with Gasteiger partial charge in [0, 0.05) is 19.5 Å². The van der Waals surface area contributed by atoms with Gasteiger partial charge in [-0.3, -0.25) is 20.3 Å². The van der Waals surface area contributed by atoms with Crippen molar-refractivity contribution in [1.29, 1.82) is 0 Å². The molecule has 7 nitrogen and oxygen atoms in total. The maximum Gasteiger partial charge on any atom is 0.335 e. The highest BCUT2D eigenvalue weighted by molar-refractivity contribution is 5.99. The largest absolute Gasteiger partial charge is 0.343 e. The Hall–Kier alpha value is -1.63. The van der Waals surface area contributed by atoms with Gasteiger partial charge in [-0.2, -0.15) is 0 Å². The molecule has 0 bridgehead atoms. The number of carbonyl (C=O) groups is 3. The second kappa shape index (κ2) is 5.81. The molecule has 0 aromatic carbocycles. The van der Waals surface area contributed by atoms with Gasteiger partial charge >= 0.3 is 6.03 Å². The summed E-state index contributed by atoms with van der Waals surface area (Å²) in [6.45, 7) is 1.64. The second-order valence-electron chi connectivity index (χ2n) is 4.62. The third-order valence-corrected chi connectivity index (χ3v) is 3.27. The number of nitrogens with one attached hydrogen (secondary N) is 3. The molecule has 2 heterocycles. The molecule has 0 aromatic rings. The summed E-state index contributed by atoms with van der Waals surface area (Å²) in [7, 11) is 0. The van der Waals surface area contributed by atoms with Gasteiger partial charge in [0.1, 0.15) is 6.04 Å². The van der Waals surface area contributed by atoms with Gasteiger partial charge in [0.05, 0.1) is 0 Å². The molecule has 4 amide bonds. The second-order valence-corrected chi connectivity index (χ2v) is 4.62. The molecule has 1 unspecified atom stereocenters. The monoisotopic (exact) mass is 254 g/mol. The molecule has 0 aliphatic carbocycles. The summed E-state index contributed by atoms with van der Waals surface area (Å²) in [5, 5.41) is 2.16. The van der Waals surface area contributed by atoms with Gasteiger partial charge in [-0.1, -0.05) is 0 Å². The Morgan fingerprint density at radius 2 is 1.94 bits per heavy atom. The number of likely N-dealkylation sites (tertiary alicyclic amines) is 1. The number of piperidine rings is 1. The molecule has 0 spiro atoms. The number of hydrogen-bond donors (Lipinski definition) is 3. The number of amides is 4. The lowest BCUT2D eigenvalue weighted by Crippen LogP contribution is -2.62. The smallest absolute Gasteiger partial charge is 0.335 e. The van der Waals surface area contributed by atoms with Crippen LogP contribution in [0.3, 0.4) is 0 Å². The van der Waals surface area contributed by atoms with E-state index in [-0.39, 0.29) is 11.8 Å². The molecule has 1 atom stereocenters. The van der Waals surface area contributed by atoms with Gasteiger partial charge in [-0.25, -0.2) is 10.2 Å². The normalized spacial score (nSPS) is 24.4. The minimum absolute atomic E-state index is 0.0844. The average Bonchev–Trinajstić information content (AvgIpc) is 2.38. The molecule has 0 aromatic heterocycles. The lowest BCUT2D eigenvalue weighted by molar-refractivity contribution is -0.132. The summed E-state index contributed by atoms with van der Waals surface area (Å²) in [4.78, 5) is 36.0. The number of carbonyl (C=O) groups excluding carboxylic acids is 3. The molecule has 3 N–H and O–H groups in total. The maximum atomic E-state index is 11.9. The zero-order chi connectivity index (χ0) is 13.0. The molecular formula is C11H18N4O3. The van der Waals surface area contributed by atoms with E-state index in [1.165, 1.54) is 6.42 Å². The first kappa shape index (κ1) is 12.8. The third-order valence-electron chi connectivity index (χ3n) is 3.27. The summed E-state index contributed by atoms with van der Waals surface area (Å²) in [5.41, 5.74) is 4.91. The zero-order valence-electron chi connectivity index (χ0n) is 10.2. The molecule has 18 heavy (non-hydrogen) atoms. The van der Waals surface area contributed by atoms with E-state index in [2.05, 4.69) is 16.2 Å². The van der Waals surface area contributed by atoms with Crippen molar-refractivity contribution in [3.8, 4) is 0 Å². The number of hydrazine groups is 1. The minimum atomic E-state index is -0.557. The fourth-order valence-corrected chi connectivity index (χ4v) is 2.22. The van der Waals surface area contributed by atoms with Gasteiger partial charge < -0.3 is 4.90 Å².